The van der Waals surface area contributed by atoms with E-state index in [0.717, 1.165) is 17.5 Å². The summed E-state index contributed by atoms with van der Waals surface area (Å²) >= 11 is 22.9. The smallest absolute Gasteiger partial charge is 0.0669 e. The molecule has 0 aliphatic heterocycles. The Kier molecular flexibility index (Phi) is 8.63. The molecule has 116 valence electrons. The second-order valence-corrected chi connectivity index (χ2v) is 6.17. The number of benzene rings is 2. The van der Waals surface area contributed by atoms with E-state index >= 15 is 0 Å². The van der Waals surface area contributed by atoms with E-state index < -0.39 is 0 Å². The van der Waals surface area contributed by atoms with Crippen LogP contribution in [-0.2, 0) is 12.8 Å². The number of rotatable bonds is 3. The highest BCUT2D eigenvalue weighted by molar-refractivity contribution is 6.35. The van der Waals surface area contributed by atoms with Crippen molar-refractivity contribution in [3.63, 3.8) is 0 Å². The summed E-state index contributed by atoms with van der Waals surface area (Å²) in [5.74, 6) is 0. The van der Waals surface area contributed by atoms with Gasteiger partial charge in [0.15, 0.2) is 0 Å². The van der Waals surface area contributed by atoms with Crippen LogP contribution in [0.3, 0.4) is 0 Å². The molecule has 0 aliphatic rings. The second kappa shape index (κ2) is 9.94. The Morgan fingerprint density at radius 2 is 1.18 bits per heavy atom. The van der Waals surface area contributed by atoms with Crippen molar-refractivity contribution in [3.05, 3.63) is 67.6 Å². The zero-order valence-electron chi connectivity index (χ0n) is 11.6. The minimum Gasteiger partial charge on any atom is -0.330 e. The molecule has 0 saturated heterocycles. The fourth-order valence-electron chi connectivity index (χ4n) is 1.73. The SMILES string of the molecule is N#CCc1cc(Cl)cc(Cl)c1.NCCc1cc(Cl)cc(Cl)c1. The molecule has 2 N–H and O–H groups in total. The summed E-state index contributed by atoms with van der Waals surface area (Å²) in [6, 6.07) is 12.6. The van der Waals surface area contributed by atoms with Crippen molar-refractivity contribution in [1.82, 2.24) is 0 Å². The zero-order valence-corrected chi connectivity index (χ0v) is 14.6. The van der Waals surface area contributed by atoms with Gasteiger partial charge in [0.25, 0.3) is 0 Å². The Morgan fingerprint density at radius 3 is 1.55 bits per heavy atom. The first-order valence-electron chi connectivity index (χ1n) is 6.41. The van der Waals surface area contributed by atoms with E-state index in [-0.39, 0.29) is 0 Å². The molecular formula is C16H14Cl4N2. The van der Waals surface area contributed by atoms with Gasteiger partial charge in [0.05, 0.1) is 12.5 Å². The van der Waals surface area contributed by atoms with Crippen molar-refractivity contribution in [2.75, 3.05) is 6.54 Å². The van der Waals surface area contributed by atoms with Crippen molar-refractivity contribution < 1.29 is 0 Å². The lowest BCUT2D eigenvalue weighted by molar-refractivity contribution is 0.969. The summed E-state index contributed by atoms with van der Waals surface area (Å²) in [4.78, 5) is 0. The highest BCUT2D eigenvalue weighted by Gasteiger charge is 1.97. The minimum absolute atomic E-state index is 0.347. The van der Waals surface area contributed by atoms with Crippen LogP contribution in [0.1, 0.15) is 11.1 Å². The fraction of sp³-hybridized carbons (Fsp3) is 0.188. The maximum Gasteiger partial charge on any atom is 0.0669 e. The Hall–Kier alpha value is -0.950. The summed E-state index contributed by atoms with van der Waals surface area (Å²) in [7, 11) is 0. The van der Waals surface area contributed by atoms with Crippen molar-refractivity contribution >= 4 is 46.4 Å². The molecule has 0 aliphatic carbocycles. The molecule has 0 aromatic heterocycles. The topological polar surface area (TPSA) is 49.8 Å². The molecule has 22 heavy (non-hydrogen) atoms. The van der Waals surface area contributed by atoms with Crippen LogP contribution in [0.25, 0.3) is 0 Å². The summed E-state index contributed by atoms with van der Waals surface area (Å²) in [6.07, 6.45) is 1.17. The molecule has 0 amide bonds. The van der Waals surface area contributed by atoms with Gasteiger partial charge in [-0.15, -0.1) is 0 Å². The van der Waals surface area contributed by atoms with Crippen LogP contribution in [-0.4, -0.2) is 6.54 Å². The Morgan fingerprint density at radius 1 is 0.773 bits per heavy atom. The molecule has 2 nitrogen and oxygen atoms in total. The number of nitrogens with two attached hydrogens (primary N) is 1. The molecule has 0 spiro atoms. The molecule has 2 aromatic rings. The first kappa shape index (κ1) is 19.1. The molecule has 0 heterocycles. The van der Waals surface area contributed by atoms with Crippen LogP contribution >= 0.6 is 46.4 Å². The lowest BCUT2D eigenvalue weighted by Gasteiger charge is -1.99. The lowest BCUT2D eigenvalue weighted by Crippen LogP contribution is -2.02. The van der Waals surface area contributed by atoms with Crippen molar-refractivity contribution in [2.24, 2.45) is 5.73 Å². The lowest BCUT2D eigenvalue weighted by atomic mass is 10.1. The van der Waals surface area contributed by atoms with Crippen LogP contribution in [0.2, 0.25) is 20.1 Å². The molecule has 2 aromatic carbocycles. The molecule has 0 bridgehead atoms. The number of halogens is 4. The summed E-state index contributed by atoms with van der Waals surface area (Å²) < 4.78 is 0. The van der Waals surface area contributed by atoms with Crippen molar-refractivity contribution in [2.45, 2.75) is 12.8 Å². The maximum absolute atomic E-state index is 8.37. The van der Waals surface area contributed by atoms with Gasteiger partial charge in [-0.05, 0) is 60.5 Å². The normalized spacial score (nSPS) is 9.64. The highest BCUT2D eigenvalue weighted by Crippen LogP contribution is 2.19. The minimum atomic E-state index is 0.347. The van der Waals surface area contributed by atoms with Crippen LogP contribution < -0.4 is 5.73 Å². The average Bonchev–Trinajstić information content (AvgIpc) is 2.37. The summed E-state index contributed by atoms with van der Waals surface area (Å²) in [5.41, 5.74) is 7.31. The molecule has 0 saturated carbocycles. The molecule has 0 unspecified atom stereocenters. The Bertz CT molecular complexity index is 625. The van der Waals surface area contributed by atoms with E-state index in [1.54, 1.807) is 24.3 Å². The largest absolute Gasteiger partial charge is 0.330 e. The Labute approximate surface area is 150 Å². The first-order valence-corrected chi connectivity index (χ1v) is 7.92. The van der Waals surface area contributed by atoms with Gasteiger partial charge < -0.3 is 5.73 Å². The van der Waals surface area contributed by atoms with Gasteiger partial charge in [-0.2, -0.15) is 5.26 Å². The van der Waals surface area contributed by atoms with E-state index in [4.69, 9.17) is 57.4 Å². The van der Waals surface area contributed by atoms with Crippen LogP contribution in [0.4, 0.5) is 0 Å². The van der Waals surface area contributed by atoms with Gasteiger partial charge >= 0.3 is 0 Å². The van der Waals surface area contributed by atoms with E-state index in [1.807, 2.05) is 18.2 Å². The van der Waals surface area contributed by atoms with E-state index in [0.29, 0.717) is 33.1 Å². The molecular weight excluding hydrogens is 362 g/mol. The van der Waals surface area contributed by atoms with Gasteiger partial charge in [-0.3, -0.25) is 0 Å². The molecule has 2 rings (SSSR count). The molecule has 0 atom stereocenters. The number of hydrogen-bond donors (Lipinski definition) is 1. The van der Waals surface area contributed by atoms with E-state index in [2.05, 4.69) is 0 Å². The van der Waals surface area contributed by atoms with Gasteiger partial charge in [0.2, 0.25) is 0 Å². The fourth-order valence-corrected chi connectivity index (χ4v) is 2.87. The molecule has 6 heteroatoms. The van der Waals surface area contributed by atoms with Gasteiger partial charge in [0, 0.05) is 20.1 Å². The Balaban J connectivity index is 0.000000220. The molecule has 0 fully saturated rings. The van der Waals surface area contributed by atoms with Gasteiger partial charge in [-0.25, -0.2) is 0 Å². The van der Waals surface area contributed by atoms with Gasteiger partial charge in [-0.1, -0.05) is 46.4 Å². The quantitative estimate of drug-likeness (QED) is 0.763. The van der Waals surface area contributed by atoms with Crippen molar-refractivity contribution in [1.29, 1.82) is 5.26 Å². The zero-order chi connectivity index (χ0) is 16.5. The summed E-state index contributed by atoms with van der Waals surface area (Å²) in [5, 5.41) is 10.8. The number of nitrogens with zero attached hydrogens (tertiary/aromatic N) is 1. The van der Waals surface area contributed by atoms with E-state index in [1.165, 1.54) is 0 Å². The predicted octanol–water partition coefficient (Wildman–Crippen LogP) is 5.55. The first-order chi connectivity index (χ1) is 10.4. The average molecular weight is 376 g/mol. The number of hydrogen-bond acceptors (Lipinski definition) is 2. The van der Waals surface area contributed by atoms with Crippen LogP contribution in [0.5, 0.6) is 0 Å². The third kappa shape index (κ3) is 7.35. The predicted molar refractivity (Wildman–Crippen MR) is 95.0 cm³/mol. The van der Waals surface area contributed by atoms with E-state index in [9.17, 15) is 0 Å². The number of nitriles is 1. The third-order valence-electron chi connectivity index (χ3n) is 2.56. The van der Waals surface area contributed by atoms with Gasteiger partial charge in [0.1, 0.15) is 0 Å². The molecule has 0 radical (unpaired) electrons. The standard InChI is InChI=1S/C8H9Cl2N.C8H5Cl2N/c2*9-7-3-6(1-2-11)4-8(10)5-7/h3-5H,1-2,11H2;3-5H,1H2. The highest BCUT2D eigenvalue weighted by atomic mass is 35.5. The maximum atomic E-state index is 8.37. The van der Waals surface area contributed by atoms with Crippen LogP contribution in [0, 0.1) is 11.3 Å². The monoisotopic (exact) mass is 374 g/mol. The third-order valence-corrected chi connectivity index (χ3v) is 3.43. The van der Waals surface area contributed by atoms with Crippen LogP contribution in [0.15, 0.2) is 36.4 Å². The summed E-state index contributed by atoms with van der Waals surface area (Å²) in [6.45, 7) is 0.622. The second-order valence-electron chi connectivity index (χ2n) is 4.43. The van der Waals surface area contributed by atoms with Crippen molar-refractivity contribution in [3.8, 4) is 6.07 Å².